The van der Waals surface area contributed by atoms with Gasteiger partial charge in [-0.15, -0.1) is 11.8 Å². The van der Waals surface area contributed by atoms with Crippen LogP contribution in [0.5, 0.6) is 0 Å². The van der Waals surface area contributed by atoms with E-state index in [2.05, 4.69) is 10.6 Å². The van der Waals surface area contributed by atoms with E-state index in [1.165, 1.54) is 23.9 Å². The third-order valence-electron chi connectivity index (χ3n) is 4.02. The first-order chi connectivity index (χ1) is 14.4. The van der Waals surface area contributed by atoms with Crippen LogP contribution in [0, 0.1) is 0 Å². The molecule has 0 saturated carbocycles. The van der Waals surface area contributed by atoms with Crippen LogP contribution >= 0.6 is 23.4 Å². The number of hydrogen-bond acceptors (Lipinski definition) is 4. The van der Waals surface area contributed by atoms with Gasteiger partial charge >= 0.3 is 5.97 Å². The van der Waals surface area contributed by atoms with Gasteiger partial charge in [-0.05, 0) is 60.7 Å². The van der Waals surface area contributed by atoms with E-state index in [4.69, 9.17) is 11.6 Å². The number of halogens is 1. The number of nitrogens with one attached hydrogen (secondary N) is 2. The van der Waals surface area contributed by atoms with Crippen LogP contribution in [0.15, 0.2) is 77.7 Å². The number of amides is 2. The number of carbonyl (C=O) groups is 3. The van der Waals surface area contributed by atoms with Crippen molar-refractivity contribution >= 4 is 52.5 Å². The highest BCUT2D eigenvalue weighted by Gasteiger charge is 2.13. The van der Waals surface area contributed by atoms with Gasteiger partial charge in [0, 0.05) is 21.2 Å². The minimum atomic E-state index is -1.12. The van der Waals surface area contributed by atoms with Gasteiger partial charge in [-0.25, -0.2) is 4.79 Å². The van der Waals surface area contributed by atoms with Crippen molar-refractivity contribution in [3.8, 4) is 0 Å². The topological polar surface area (TPSA) is 95.5 Å². The summed E-state index contributed by atoms with van der Waals surface area (Å²) < 4.78 is 0. The monoisotopic (exact) mass is 440 g/mol. The van der Waals surface area contributed by atoms with Gasteiger partial charge in [-0.1, -0.05) is 23.7 Å². The fraction of sp³-hybridized carbons (Fsp3) is 0.0455. The summed E-state index contributed by atoms with van der Waals surface area (Å²) in [7, 11) is 0. The number of benzene rings is 3. The highest BCUT2D eigenvalue weighted by Crippen LogP contribution is 2.21. The second-order valence-corrected chi connectivity index (χ2v) is 7.66. The number of carboxylic acids is 1. The Kier molecular flexibility index (Phi) is 7.11. The van der Waals surface area contributed by atoms with Crippen LogP contribution in [0.1, 0.15) is 20.7 Å². The smallest absolute Gasteiger partial charge is 0.337 e. The molecule has 0 radical (unpaired) electrons. The largest absolute Gasteiger partial charge is 0.478 e. The van der Waals surface area contributed by atoms with Gasteiger partial charge in [0.05, 0.1) is 17.0 Å². The molecule has 0 aliphatic heterocycles. The van der Waals surface area contributed by atoms with Gasteiger partial charge in [0.25, 0.3) is 5.91 Å². The summed E-state index contributed by atoms with van der Waals surface area (Å²) in [6, 6.07) is 19.7. The summed E-state index contributed by atoms with van der Waals surface area (Å²) in [4.78, 5) is 36.7. The van der Waals surface area contributed by atoms with E-state index in [0.717, 1.165) is 4.90 Å². The highest BCUT2D eigenvalue weighted by molar-refractivity contribution is 8.00. The second-order valence-electron chi connectivity index (χ2n) is 6.17. The lowest BCUT2D eigenvalue weighted by molar-refractivity contribution is -0.113. The Balaban J connectivity index is 1.56. The number of thioether (sulfide) groups is 1. The van der Waals surface area contributed by atoms with Gasteiger partial charge in [0.15, 0.2) is 0 Å². The quantitative estimate of drug-likeness (QED) is 0.448. The van der Waals surface area contributed by atoms with Gasteiger partial charge in [-0.3, -0.25) is 9.59 Å². The zero-order chi connectivity index (χ0) is 21.5. The third kappa shape index (κ3) is 5.85. The fourth-order valence-electron chi connectivity index (χ4n) is 2.55. The van der Waals surface area contributed by atoms with Crippen molar-refractivity contribution in [2.75, 3.05) is 16.4 Å². The number of carboxylic acid groups (broad SMARTS) is 1. The molecule has 0 spiro atoms. The number of aromatic carboxylic acids is 1. The van der Waals surface area contributed by atoms with E-state index in [-0.39, 0.29) is 22.9 Å². The first kappa shape index (κ1) is 21.4. The number of hydrogen-bond donors (Lipinski definition) is 3. The lowest BCUT2D eigenvalue weighted by atomic mass is 10.1. The first-order valence-corrected chi connectivity index (χ1v) is 10.2. The molecular formula is C22H17ClN2O4S. The number of rotatable bonds is 7. The summed E-state index contributed by atoms with van der Waals surface area (Å²) in [6.45, 7) is 0. The molecule has 0 fully saturated rings. The van der Waals surface area contributed by atoms with Crippen molar-refractivity contribution in [2.24, 2.45) is 0 Å². The lowest BCUT2D eigenvalue weighted by Gasteiger charge is -2.09. The Labute approximate surface area is 182 Å². The van der Waals surface area contributed by atoms with Crippen molar-refractivity contribution in [1.82, 2.24) is 0 Å². The number of carbonyl (C=O) groups excluding carboxylic acids is 2. The molecule has 0 aliphatic carbocycles. The molecule has 3 N–H and O–H groups in total. The predicted octanol–water partition coefficient (Wildman–Crippen LogP) is 5.02. The first-order valence-electron chi connectivity index (χ1n) is 8.84. The summed E-state index contributed by atoms with van der Waals surface area (Å²) in [6.07, 6.45) is 0. The Morgan fingerprint density at radius 1 is 0.867 bits per heavy atom. The molecular weight excluding hydrogens is 424 g/mol. The molecule has 0 bridgehead atoms. The molecule has 30 heavy (non-hydrogen) atoms. The third-order valence-corrected chi connectivity index (χ3v) is 5.28. The van der Waals surface area contributed by atoms with Crippen LogP contribution < -0.4 is 10.6 Å². The number of para-hydroxylation sites is 1. The van der Waals surface area contributed by atoms with E-state index in [0.29, 0.717) is 16.3 Å². The van der Waals surface area contributed by atoms with E-state index in [1.54, 1.807) is 48.5 Å². The summed E-state index contributed by atoms with van der Waals surface area (Å²) in [5.41, 5.74) is 1.11. The van der Waals surface area contributed by atoms with Gasteiger partial charge in [0.2, 0.25) is 5.91 Å². The van der Waals surface area contributed by atoms with E-state index in [1.807, 2.05) is 12.1 Å². The fourth-order valence-corrected chi connectivity index (χ4v) is 3.38. The molecule has 3 aromatic rings. The number of anilines is 2. The normalized spacial score (nSPS) is 10.3. The Morgan fingerprint density at radius 2 is 1.53 bits per heavy atom. The zero-order valence-electron chi connectivity index (χ0n) is 15.6. The van der Waals surface area contributed by atoms with Crippen LogP contribution in [-0.4, -0.2) is 28.6 Å². The van der Waals surface area contributed by atoms with Crippen molar-refractivity contribution in [3.63, 3.8) is 0 Å². The van der Waals surface area contributed by atoms with Crippen LogP contribution in [0.4, 0.5) is 11.4 Å². The molecule has 0 unspecified atom stereocenters. The minimum absolute atomic E-state index is 0.00733. The average Bonchev–Trinajstić information content (AvgIpc) is 2.74. The van der Waals surface area contributed by atoms with Crippen molar-refractivity contribution in [1.29, 1.82) is 0 Å². The average molecular weight is 441 g/mol. The molecule has 3 aromatic carbocycles. The van der Waals surface area contributed by atoms with Crippen molar-refractivity contribution in [3.05, 3.63) is 88.9 Å². The van der Waals surface area contributed by atoms with Gasteiger partial charge < -0.3 is 15.7 Å². The molecule has 8 heteroatoms. The Hall–Kier alpha value is -3.29. The maximum atomic E-state index is 12.4. The predicted molar refractivity (Wildman–Crippen MR) is 119 cm³/mol. The maximum absolute atomic E-state index is 12.4. The lowest BCUT2D eigenvalue weighted by Crippen LogP contribution is -2.16. The minimum Gasteiger partial charge on any atom is -0.478 e. The molecule has 152 valence electrons. The molecule has 2 amide bonds. The molecule has 6 nitrogen and oxygen atoms in total. The van der Waals surface area contributed by atoms with E-state index >= 15 is 0 Å². The van der Waals surface area contributed by atoms with E-state index < -0.39 is 11.9 Å². The zero-order valence-corrected chi connectivity index (χ0v) is 17.2. The molecule has 0 atom stereocenters. The summed E-state index contributed by atoms with van der Waals surface area (Å²) in [5.74, 6) is -1.52. The van der Waals surface area contributed by atoms with Crippen molar-refractivity contribution in [2.45, 2.75) is 4.90 Å². The maximum Gasteiger partial charge on any atom is 0.337 e. The van der Waals surface area contributed by atoms with Crippen LogP contribution in [0.25, 0.3) is 0 Å². The molecule has 0 aliphatic rings. The molecule has 0 aromatic heterocycles. The standard InChI is InChI=1S/C22H17ClN2O4S/c23-15-7-11-17(12-8-15)30-13-20(26)24-16-9-5-14(6-10-16)21(27)25-19-4-2-1-3-18(19)22(28)29/h1-12H,13H2,(H,24,26)(H,25,27)(H,28,29). The molecule has 0 heterocycles. The van der Waals surface area contributed by atoms with Gasteiger partial charge in [0.1, 0.15) is 0 Å². The van der Waals surface area contributed by atoms with Crippen molar-refractivity contribution < 1.29 is 19.5 Å². The second kappa shape index (κ2) is 9.96. The summed E-state index contributed by atoms with van der Waals surface area (Å²) in [5, 5.41) is 15.2. The van der Waals surface area contributed by atoms with Crippen LogP contribution in [0.3, 0.4) is 0 Å². The van der Waals surface area contributed by atoms with E-state index in [9.17, 15) is 19.5 Å². The van der Waals surface area contributed by atoms with Gasteiger partial charge in [-0.2, -0.15) is 0 Å². The molecule has 0 saturated heterocycles. The Morgan fingerprint density at radius 3 is 2.20 bits per heavy atom. The molecule has 3 rings (SSSR count). The Bertz CT molecular complexity index is 1070. The SMILES string of the molecule is O=C(CSc1ccc(Cl)cc1)Nc1ccc(C(=O)Nc2ccccc2C(=O)O)cc1. The van der Waals surface area contributed by atoms with Crippen LogP contribution in [-0.2, 0) is 4.79 Å². The van der Waals surface area contributed by atoms with Crippen LogP contribution in [0.2, 0.25) is 5.02 Å². The summed E-state index contributed by atoms with van der Waals surface area (Å²) >= 11 is 7.23. The highest BCUT2D eigenvalue weighted by atomic mass is 35.5.